The molecule has 0 spiro atoms. The molecule has 1 aliphatic carbocycles. The summed E-state index contributed by atoms with van der Waals surface area (Å²) in [6.07, 6.45) is 5.62. The number of nitrogens with two attached hydrogens (primary N) is 1. The van der Waals surface area contributed by atoms with Gasteiger partial charge in [-0.25, -0.2) is 4.68 Å². The van der Waals surface area contributed by atoms with Crippen molar-refractivity contribution in [2.45, 2.75) is 28.9 Å². The number of anilines is 1. The molecule has 0 atom stereocenters. The first-order valence-corrected chi connectivity index (χ1v) is 6.71. The molecule has 1 aliphatic rings. The molecular formula is C9H9BrN6S. The smallest absolute Gasteiger partial charge is 0.214 e. The minimum Gasteiger partial charge on any atom is -0.397 e. The van der Waals surface area contributed by atoms with Gasteiger partial charge in [0.2, 0.25) is 5.16 Å². The second-order valence-corrected chi connectivity index (χ2v) is 5.61. The maximum atomic E-state index is 5.89. The first kappa shape index (κ1) is 11.0. The molecule has 0 radical (unpaired) electrons. The van der Waals surface area contributed by atoms with Crippen LogP contribution in [0.4, 0.5) is 5.69 Å². The number of nitrogen functional groups attached to an aromatic ring is 1. The Bertz CT molecular complexity index is 532. The summed E-state index contributed by atoms with van der Waals surface area (Å²) in [6.45, 7) is 0. The predicted molar refractivity (Wildman–Crippen MR) is 66.6 cm³/mol. The summed E-state index contributed by atoms with van der Waals surface area (Å²) in [5, 5.41) is 12.5. The molecule has 1 fully saturated rings. The summed E-state index contributed by atoms with van der Waals surface area (Å²) in [7, 11) is 0. The van der Waals surface area contributed by atoms with Crippen LogP contribution in [-0.4, -0.2) is 25.2 Å². The lowest BCUT2D eigenvalue weighted by molar-refractivity contribution is 0.565. The van der Waals surface area contributed by atoms with Gasteiger partial charge in [0.25, 0.3) is 0 Å². The van der Waals surface area contributed by atoms with Gasteiger partial charge in [-0.3, -0.25) is 4.98 Å². The molecule has 6 nitrogen and oxygen atoms in total. The van der Waals surface area contributed by atoms with Gasteiger partial charge in [-0.2, -0.15) is 0 Å². The molecule has 3 rings (SSSR count). The molecule has 1 saturated carbocycles. The lowest BCUT2D eigenvalue weighted by atomic mass is 10.4. The van der Waals surface area contributed by atoms with Crippen LogP contribution in [0.2, 0.25) is 0 Å². The monoisotopic (exact) mass is 312 g/mol. The molecule has 17 heavy (non-hydrogen) atoms. The highest BCUT2D eigenvalue weighted by Crippen LogP contribution is 2.40. The SMILES string of the molecule is Nc1cncc(Br)c1Sc1nnnn1C1CC1. The molecule has 2 aromatic rings. The lowest BCUT2D eigenvalue weighted by Gasteiger charge is -2.06. The van der Waals surface area contributed by atoms with Crippen molar-refractivity contribution in [2.75, 3.05) is 5.73 Å². The normalized spacial score (nSPS) is 15.1. The second kappa shape index (κ2) is 4.26. The minimum absolute atomic E-state index is 0.453. The van der Waals surface area contributed by atoms with Gasteiger partial charge in [0.1, 0.15) is 0 Å². The van der Waals surface area contributed by atoms with Gasteiger partial charge in [0.05, 0.1) is 27.3 Å². The van der Waals surface area contributed by atoms with Crippen LogP contribution in [0.1, 0.15) is 18.9 Å². The molecule has 0 unspecified atom stereocenters. The van der Waals surface area contributed by atoms with Crippen LogP contribution in [0, 0.1) is 0 Å². The van der Waals surface area contributed by atoms with Crippen molar-refractivity contribution < 1.29 is 0 Å². The molecular weight excluding hydrogens is 304 g/mol. The minimum atomic E-state index is 0.453. The molecule has 2 N–H and O–H groups in total. The van der Waals surface area contributed by atoms with E-state index in [0.717, 1.165) is 27.4 Å². The number of halogens is 1. The highest BCUT2D eigenvalue weighted by molar-refractivity contribution is 9.10. The summed E-state index contributed by atoms with van der Waals surface area (Å²) in [6, 6.07) is 0.453. The number of aromatic nitrogens is 5. The molecule has 0 bridgehead atoms. The van der Waals surface area contributed by atoms with Gasteiger partial charge in [-0.1, -0.05) is 0 Å². The van der Waals surface area contributed by atoms with Crippen molar-refractivity contribution >= 4 is 33.4 Å². The fourth-order valence-electron chi connectivity index (χ4n) is 1.44. The summed E-state index contributed by atoms with van der Waals surface area (Å²) in [5.74, 6) is 0. The van der Waals surface area contributed by atoms with Crippen molar-refractivity contribution in [1.29, 1.82) is 0 Å². The Balaban J connectivity index is 1.93. The molecule has 8 heteroatoms. The van der Waals surface area contributed by atoms with Gasteiger partial charge in [-0.15, -0.1) is 5.10 Å². The van der Waals surface area contributed by atoms with Crippen molar-refractivity contribution in [3.63, 3.8) is 0 Å². The van der Waals surface area contributed by atoms with E-state index < -0.39 is 0 Å². The fourth-order valence-corrected chi connectivity index (χ4v) is 2.89. The Hall–Kier alpha value is -1.15. The largest absolute Gasteiger partial charge is 0.397 e. The third kappa shape index (κ3) is 2.14. The highest BCUT2D eigenvalue weighted by Gasteiger charge is 2.28. The Morgan fingerprint density at radius 3 is 2.94 bits per heavy atom. The predicted octanol–water partition coefficient (Wildman–Crippen LogP) is 1.90. The van der Waals surface area contributed by atoms with Crippen molar-refractivity contribution in [3.8, 4) is 0 Å². The van der Waals surface area contributed by atoms with Gasteiger partial charge >= 0.3 is 0 Å². The van der Waals surface area contributed by atoms with E-state index >= 15 is 0 Å². The van der Waals surface area contributed by atoms with Gasteiger partial charge in [0.15, 0.2) is 0 Å². The standard InChI is InChI=1S/C9H9BrN6S/c10-6-3-12-4-7(11)8(6)17-9-13-14-15-16(9)5-1-2-5/h3-5H,1-2,11H2. The summed E-state index contributed by atoms with van der Waals surface area (Å²) >= 11 is 4.89. The summed E-state index contributed by atoms with van der Waals surface area (Å²) in [4.78, 5) is 4.90. The average Bonchev–Trinajstić information content (AvgIpc) is 3.04. The van der Waals surface area contributed by atoms with Gasteiger partial charge in [-0.05, 0) is 51.0 Å². The topological polar surface area (TPSA) is 82.5 Å². The molecule has 0 saturated heterocycles. The maximum absolute atomic E-state index is 5.89. The maximum Gasteiger partial charge on any atom is 0.214 e. The van der Waals surface area contributed by atoms with Crippen LogP contribution < -0.4 is 5.73 Å². The van der Waals surface area contributed by atoms with E-state index in [1.54, 1.807) is 12.4 Å². The van der Waals surface area contributed by atoms with Crippen LogP contribution in [-0.2, 0) is 0 Å². The zero-order valence-electron chi connectivity index (χ0n) is 8.75. The van der Waals surface area contributed by atoms with Crippen molar-refractivity contribution in [3.05, 3.63) is 16.9 Å². The highest BCUT2D eigenvalue weighted by atomic mass is 79.9. The van der Waals surface area contributed by atoms with Gasteiger partial charge in [0, 0.05) is 6.20 Å². The van der Waals surface area contributed by atoms with Crippen LogP contribution in [0.15, 0.2) is 26.9 Å². The lowest BCUT2D eigenvalue weighted by Crippen LogP contribution is -1.99. The van der Waals surface area contributed by atoms with E-state index in [-0.39, 0.29) is 0 Å². The third-order valence-electron chi connectivity index (χ3n) is 2.43. The zero-order chi connectivity index (χ0) is 11.8. The fraction of sp³-hybridized carbons (Fsp3) is 0.333. The van der Waals surface area contributed by atoms with Crippen LogP contribution in [0.25, 0.3) is 0 Å². The molecule has 0 aromatic carbocycles. The third-order valence-corrected chi connectivity index (χ3v) is 4.40. The quantitative estimate of drug-likeness (QED) is 0.932. The Labute approximate surface area is 110 Å². The van der Waals surface area contributed by atoms with E-state index in [4.69, 9.17) is 5.73 Å². The van der Waals surface area contributed by atoms with Crippen LogP contribution >= 0.6 is 27.7 Å². The number of hydrogen-bond donors (Lipinski definition) is 1. The van der Waals surface area contributed by atoms with E-state index in [9.17, 15) is 0 Å². The summed E-state index contributed by atoms with van der Waals surface area (Å²) in [5.41, 5.74) is 6.51. The second-order valence-electron chi connectivity index (χ2n) is 3.78. The van der Waals surface area contributed by atoms with E-state index in [1.807, 2.05) is 4.68 Å². The number of tetrazole rings is 1. The molecule has 2 heterocycles. The number of rotatable bonds is 3. The number of hydrogen-bond acceptors (Lipinski definition) is 6. The van der Waals surface area contributed by atoms with Gasteiger partial charge < -0.3 is 5.73 Å². The molecule has 0 aliphatic heterocycles. The van der Waals surface area contributed by atoms with Crippen LogP contribution in [0.3, 0.4) is 0 Å². The van der Waals surface area contributed by atoms with E-state index in [2.05, 4.69) is 36.4 Å². The number of pyridine rings is 1. The van der Waals surface area contributed by atoms with E-state index in [1.165, 1.54) is 11.8 Å². The molecule has 88 valence electrons. The molecule has 0 amide bonds. The van der Waals surface area contributed by atoms with E-state index in [0.29, 0.717) is 11.7 Å². The average molecular weight is 313 g/mol. The van der Waals surface area contributed by atoms with Crippen LogP contribution in [0.5, 0.6) is 0 Å². The Morgan fingerprint density at radius 2 is 2.24 bits per heavy atom. The van der Waals surface area contributed by atoms with Crippen molar-refractivity contribution in [1.82, 2.24) is 25.2 Å². The zero-order valence-corrected chi connectivity index (χ0v) is 11.1. The number of nitrogens with zero attached hydrogens (tertiary/aromatic N) is 5. The first-order chi connectivity index (χ1) is 8.25. The molecule has 2 aromatic heterocycles. The Morgan fingerprint density at radius 1 is 1.41 bits per heavy atom. The summed E-state index contributed by atoms with van der Waals surface area (Å²) < 4.78 is 2.71. The Kier molecular flexibility index (Phi) is 2.75. The first-order valence-electron chi connectivity index (χ1n) is 5.10. The van der Waals surface area contributed by atoms with Crippen molar-refractivity contribution in [2.24, 2.45) is 0 Å².